The van der Waals surface area contributed by atoms with Crippen molar-refractivity contribution in [2.24, 2.45) is 5.73 Å². The zero-order valence-electron chi connectivity index (χ0n) is 11.6. The summed E-state index contributed by atoms with van der Waals surface area (Å²) < 4.78 is 26.5. The number of aliphatic carboxylic acids is 1. The lowest BCUT2D eigenvalue weighted by molar-refractivity contribution is -0.166. The summed E-state index contributed by atoms with van der Waals surface area (Å²) in [4.78, 5) is 21.0. The predicted molar refractivity (Wildman–Crippen MR) is 74.0 cm³/mol. The molecule has 1 rings (SSSR count). The molecule has 1 aromatic carbocycles. The van der Waals surface area contributed by atoms with Gasteiger partial charge in [-0.3, -0.25) is 4.79 Å². The zero-order valence-corrected chi connectivity index (χ0v) is 11.6. The van der Waals surface area contributed by atoms with Crippen LogP contribution in [0, 0.1) is 0 Å². The molecule has 116 valence electrons. The number of alkyl halides is 2. The molecule has 0 unspecified atom stereocenters. The molecule has 1 amide bonds. The molecule has 0 saturated heterocycles. The molecular weight excluding hydrogens is 280 g/mol. The smallest absolute Gasteiger partial charge is 0.379 e. The molecule has 0 fully saturated rings. The van der Waals surface area contributed by atoms with Crippen molar-refractivity contribution < 1.29 is 23.5 Å². The van der Waals surface area contributed by atoms with E-state index in [1.165, 1.54) is 12.1 Å². The van der Waals surface area contributed by atoms with E-state index in [1.807, 2.05) is 0 Å². The number of aryl methyl sites for hydroxylation is 1. The highest BCUT2D eigenvalue weighted by atomic mass is 19.3. The Balaban J connectivity index is 2.38. The number of rotatable bonds is 9. The lowest BCUT2D eigenvalue weighted by atomic mass is 10.0. The van der Waals surface area contributed by atoms with Gasteiger partial charge in [0, 0.05) is 12.0 Å². The van der Waals surface area contributed by atoms with Gasteiger partial charge in [-0.2, -0.15) is 8.78 Å². The molecule has 3 N–H and O–H groups in total. The first-order valence-electron chi connectivity index (χ1n) is 6.83. The molecule has 21 heavy (non-hydrogen) atoms. The van der Waals surface area contributed by atoms with Gasteiger partial charge in [0.1, 0.15) is 0 Å². The minimum atomic E-state index is -3.85. The van der Waals surface area contributed by atoms with Crippen LogP contribution in [0.4, 0.5) is 8.78 Å². The van der Waals surface area contributed by atoms with Crippen molar-refractivity contribution in [1.82, 2.24) is 0 Å². The van der Waals surface area contributed by atoms with Crippen LogP contribution < -0.4 is 5.73 Å². The standard InChI is InChI=1S/C15H19F2NO3/c16-15(17,14(20)21)12-9-7-11(8-10-12)5-3-1-2-4-6-13(18)19/h7-10H,1-6H2,(H2,18,19)(H,20,21). The third-order valence-electron chi connectivity index (χ3n) is 3.22. The van der Waals surface area contributed by atoms with Gasteiger partial charge in [-0.25, -0.2) is 4.79 Å². The van der Waals surface area contributed by atoms with Crippen molar-refractivity contribution >= 4 is 11.9 Å². The van der Waals surface area contributed by atoms with Crippen molar-refractivity contribution in [1.29, 1.82) is 0 Å². The molecule has 0 saturated carbocycles. The Labute approximate surface area is 122 Å². The van der Waals surface area contributed by atoms with Gasteiger partial charge in [0.05, 0.1) is 0 Å². The number of carbonyl (C=O) groups excluding carboxylic acids is 1. The van der Waals surface area contributed by atoms with E-state index in [9.17, 15) is 18.4 Å². The molecule has 0 radical (unpaired) electrons. The van der Waals surface area contributed by atoms with Crippen LogP contribution in [0.1, 0.15) is 43.2 Å². The van der Waals surface area contributed by atoms with Crippen LogP contribution in [0.5, 0.6) is 0 Å². The van der Waals surface area contributed by atoms with E-state index in [0.717, 1.165) is 49.8 Å². The van der Waals surface area contributed by atoms with Crippen LogP contribution in [0.2, 0.25) is 0 Å². The second kappa shape index (κ2) is 7.71. The van der Waals surface area contributed by atoms with Crippen LogP contribution in [0.25, 0.3) is 0 Å². The van der Waals surface area contributed by atoms with E-state index >= 15 is 0 Å². The molecule has 1 aromatic rings. The van der Waals surface area contributed by atoms with Crippen LogP contribution in [0.15, 0.2) is 24.3 Å². The molecule has 6 heteroatoms. The summed E-state index contributed by atoms with van der Waals surface area (Å²) in [6.45, 7) is 0. The number of carboxylic acids is 1. The summed E-state index contributed by atoms with van der Waals surface area (Å²) in [6.07, 6.45) is 4.60. The number of carbonyl (C=O) groups is 2. The van der Waals surface area contributed by atoms with Gasteiger partial charge in [-0.05, 0) is 24.8 Å². The van der Waals surface area contributed by atoms with Gasteiger partial charge in [0.25, 0.3) is 0 Å². The topological polar surface area (TPSA) is 80.4 Å². The fourth-order valence-corrected chi connectivity index (χ4v) is 1.99. The highest BCUT2D eigenvalue weighted by Crippen LogP contribution is 2.28. The summed E-state index contributed by atoms with van der Waals surface area (Å²) >= 11 is 0. The van der Waals surface area contributed by atoms with Gasteiger partial charge in [0.2, 0.25) is 5.91 Å². The number of unbranched alkanes of at least 4 members (excludes halogenated alkanes) is 3. The first-order valence-corrected chi connectivity index (χ1v) is 6.83. The van der Waals surface area contributed by atoms with E-state index in [4.69, 9.17) is 10.8 Å². The van der Waals surface area contributed by atoms with E-state index < -0.39 is 17.5 Å². The Morgan fingerprint density at radius 2 is 1.62 bits per heavy atom. The summed E-state index contributed by atoms with van der Waals surface area (Å²) in [5.74, 6) is -6.30. The number of hydrogen-bond donors (Lipinski definition) is 2. The van der Waals surface area contributed by atoms with Crippen LogP contribution in [-0.2, 0) is 21.9 Å². The number of primary amides is 1. The molecular formula is C15H19F2NO3. The van der Waals surface area contributed by atoms with Gasteiger partial charge >= 0.3 is 11.9 Å². The molecule has 0 aromatic heterocycles. The van der Waals surface area contributed by atoms with Crippen LogP contribution in [0.3, 0.4) is 0 Å². The molecule has 0 bridgehead atoms. The fraction of sp³-hybridized carbons (Fsp3) is 0.467. The van der Waals surface area contributed by atoms with Crippen LogP contribution in [-0.4, -0.2) is 17.0 Å². The first-order chi connectivity index (χ1) is 9.84. The average molecular weight is 299 g/mol. The predicted octanol–water partition coefficient (Wildman–Crippen LogP) is 2.84. The zero-order chi connectivity index (χ0) is 15.9. The van der Waals surface area contributed by atoms with Crippen molar-refractivity contribution in [2.75, 3.05) is 0 Å². The minimum Gasteiger partial charge on any atom is -0.477 e. The number of amides is 1. The van der Waals surface area contributed by atoms with Crippen molar-refractivity contribution in [2.45, 2.75) is 44.4 Å². The molecule has 0 aliphatic heterocycles. The van der Waals surface area contributed by atoms with Crippen molar-refractivity contribution in [3.63, 3.8) is 0 Å². The third-order valence-corrected chi connectivity index (χ3v) is 3.22. The summed E-state index contributed by atoms with van der Waals surface area (Å²) in [5.41, 5.74) is 5.40. The number of halogens is 2. The van der Waals surface area contributed by atoms with Crippen LogP contribution >= 0.6 is 0 Å². The van der Waals surface area contributed by atoms with Gasteiger partial charge in [0.15, 0.2) is 0 Å². The van der Waals surface area contributed by atoms with Gasteiger partial charge in [-0.1, -0.05) is 37.1 Å². The minimum absolute atomic E-state index is 0.301. The second-order valence-electron chi connectivity index (χ2n) is 4.96. The Hall–Kier alpha value is -1.98. The molecule has 0 spiro atoms. The number of hydrogen-bond acceptors (Lipinski definition) is 2. The maximum absolute atomic E-state index is 13.2. The summed E-state index contributed by atoms with van der Waals surface area (Å²) in [7, 11) is 0. The molecule has 0 heterocycles. The van der Waals surface area contributed by atoms with Gasteiger partial charge < -0.3 is 10.8 Å². The molecule has 0 aliphatic rings. The Bertz CT molecular complexity index is 486. The monoisotopic (exact) mass is 299 g/mol. The molecule has 0 atom stereocenters. The maximum atomic E-state index is 13.2. The van der Waals surface area contributed by atoms with E-state index in [2.05, 4.69) is 0 Å². The van der Waals surface area contributed by atoms with Crippen molar-refractivity contribution in [3.05, 3.63) is 35.4 Å². The normalized spacial score (nSPS) is 11.3. The highest BCUT2D eigenvalue weighted by molar-refractivity contribution is 5.77. The first kappa shape index (κ1) is 17.1. The number of nitrogens with two attached hydrogens (primary N) is 1. The van der Waals surface area contributed by atoms with E-state index in [-0.39, 0.29) is 5.91 Å². The number of benzene rings is 1. The highest BCUT2D eigenvalue weighted by Gasteiger charge is 2.40. The fourth-order valence-electron chi connectivity index (χ4n) is 1.99. The lowest BCUT2D eigenvalue weighted by Crippen LogP contribution is -2.25. The quantitative estimate of drug-likeness (QED) is 0.688. The van der Waals surface area contributed by atoms with Crippen molar-refractivity contribution in [3.8, 4) is 0 Å². The summed E-state index contributed by atoms with van der Waals surface area (Å²) in [5, 5.41) is 8.44. The average Bonchev–Trinajstić information content (AvgIpc) is 2.42. The van der Waals surface area contributed by atoms with E-state index in [0.29, 0.717) is 6.42 Å². The van der Waals surface area contributed by atoms with Gasteiger partial charge in [-0.15, -0.1) is 0 Å². The lowest BCUT2D eigenvalue weighted by Gasteiger charge is -2.11. The Kier molecular flexibility index (Phi) is 6.27. The Morgan fingerprint density at radius 1 is 1.05 bits per heavy atom. The Morgan fingerprint density at radius 3 is 2.14 bits per heavy atom. The second-order valence-corrected chi connectivity index (χ2v) is 4.96. The number of carboxylic acid groups (broad SMARTS) is 1. The van der Waals surface area contributed by atoms with E-state index in [1.54, 1.807) is 0 Å². The molecule has 0 aliphatic carbocycles. The largest absolute Gasteiger partial charge is 0.477 e. The summed E-state index contributed by atoms with van der Waals surface area (Å²) in [6, 6.07) is 5.35. The SMILES string of the molecule is NC(=O)CCCCCCc1ccc(C(F)(F)C(=O)O)cc1. The third kappa shape index (κ3) is 5.49. The maximum Gasteiger partial charge on any atom is 0.379 e. The molecule has 4 nitrogen and oxygen atoms in total.